The van der Waals surface area contributed by atoms with Crippen LogP contribution in [0.3, 0.4) is 0 Å². The molecule has 1 atom stereocenters. The zero-order chi connectivity index (χ0) is 14.8. The van der Waals surface area contributed by atoms with E-state index in [1.165, 1.54) is 18.9 Å². The lowest BCUT2D eigenvalue weighted by atomic mass is 10.3. The number of nitrogens with zero attached hydrogens (tertiary/aromatic N) is 1. The minimum atomic E-state index is -3.64. The second-order valence-electron chi connectivity index (χ2n) is 5.10. The van der Waals surface area contributed by atoms with E-state index in [9.17, 15) is 12.8 Å². The molecule has 1 N–H and O–H groups in total. The lowest BCUT2D eigenvalue weighted by molar-refractivity contribution is 0.312. The Morgan fingerprint density at radius 1 is 1.40 bits per heavy atom. The Kier molecular flexibility index (Phi) is 5.17. The van der Waals surface area contributed by atoms with Crippen LogP contribution in [0.5, 0.6) is 0 Å². The maximum Gasteiger partial charge on any atom is 0.241 e. The second-order valence-corrected chi connectivity index (χ2v) is 7.64. The highest BCUT2D eigenvalue weighted by molar-refractivity contribution is 9.10. The van der Waals surface area contributed by atoms with E-state index in [2.05, 4.69) is 25.6 Å². The Balaban J connectivity index is 2.06. The van der Waals surface area contributed by atoms with Crippen molar-refractivity contribution in [3.63, 3.8) is 0 Å². The summed E-state index contributed by atoms with van der Waals surface area (Å²) in [4.78, 5) is 2.31. The van der Waals surface area contributed by atoms with Crippen LogP contribution < -0.4 is 4.72 Å². The van der Waals surface area contributed by atoms with E-state index in [4.69, 9.17) is 0 Å². The molecule has 0 radical (unpaired) electrons. The summed E-state index contributed by atoms with van der Waals surface area (Å²) in [5.74, 6) is -0.471. The third-order valence-electron chi connectivity index (χ3n) is 3.27. The summed E-state index contributed by atoms with van der Waals surface area (Å²) in [5.41, 5.74) is 0. The van der Waals surface area contributed by atoms with E-state index in [1.807, 2.05) is 6.92 Å². The molecule has 7 heteroatoms. The van der Waals surface area contributed by atoms with Gasteiger partial charge in [0.15, 0.2) is 0 Å². The molecule has 1 fully saturated rings. The molecular formula is C13H18BrFN2O2S. The number of sulfonamides is 1. The molecule has 1 heterocycles. The third-order valence-corrected chi connectivity index (χ3v) is 5.84. The van der Waals surface area contributed by atoms with Gasteiger partial charge in [-0.3, -0.25) is 0 Å². The third kappa shape index (κ3) is 4.00. The average Bonchev–Trinajstić information content (AvgIpc) is 2.79. The summed E-state index contributed by atoms with van der Waals surface area (Å²) >= 11 is 3.09. The van der Waals surface area contributed by atoms with Crippen molar-refractivity contribution in [1.82, 2.24) is 9.62 Å². The van der Waals surface area contributed by atoms with E-state index >= 15 is 0 Å². The molecule has 0 saturated carbocycles. The molecule has 112 valence electrons. The molecule has 4 nitrogen and oxygen atoms in total. The number of halogens is 2. The zero-order valence-electron chi connectivity index (χ0n) is 11.3. The van der Waals surface area contributed by atoms with Crippen molar-refractivity contribution in [2.45, 2.75) is 30.7 Å². The topological polar surface area (TPSA) is 49.4 Å². The fraction of sp³-hybridized carbons (Fsp3) is 0.538. The summed E-state index contributed by atoms with van der Waals surface area (Å²) in [6, 6.07) is 3.38. The molecule has 1 aliphatic heterocycles. The first-order valence-corrected chi connectivity index (χ1v) is 8.86. The van der Waals surface area contributed by atoms with Crippen molar-refractivity contribution >= 4 is 26.0 Å². The molecule has 0 amide bonds. The van der Waals surface area contributed by atoms with Gasteiger partial charge < -0.3 is 4.90 Å². The predicted octanol–water partition coefficient (Wildman–Crippen LogP) is 2.35. The second kappa shape index (κ2) is 6.51. The van der Waals surface area contributed by atoms with Gasteiger partial charge in [0.2, 0.25) is 10.0 Å². The molecule has 1 aromatic carbocycles. The first-order valence-electron chi connectivity index (χ1n) is 6.58. The SMILES string of the molecule is CC(CN1CCCC1)NS(=O)(=O)c1ccc(F)cc1Br. The zero-order valence-corrected chi connectivity index (χ0v) is 13.7. The van der Waals surface area contributed by atoms with Crippen LogP contribution in [0, 0.1) is 5.82 Å². The Labute approximate surface area is 127 Å². The van der Waals surface area contributed by atoms with Gasteiger partial charge in [-0.15, -0.1) is 0 Å². The van der Waals surface area contributed by atoms with E-state index < -0.39 is 15.8 Å². The standard InChI is InChI=1S/C13H18BrFN2O2S/c1-10(9-17-6-2-3-7-17)16-20(18,19)13-5-4-11(15)8-12(13)14/h4-5,8,10,16H,2-3,6-7,9H2,1H3. The first kappa shape index (κ1) is 15.9. The van der Waals surface area contributed by atoms with Gasteiger partial charge >= 0.3 is 0 Å². The van der Waals surface area contributed by atoms with E-state index in [0.29, 0.717) is 6.54 Å². The van der Waals surface area contributed by atoms with Gasteiger partial charge in [-0.2, -0.15) is 0 Å². The molecular weight excluding hydrogens is 347 g/mol. The van der Waals surface area contributed by atoms with Crippen molar-refractivity contribution in [3.8, 4) is 0 Å². The Hall–Kier alpha value is -0.500. The monoisotopic (exact) mass is 364 g/mol. The summed E-state index contributed by atoms with van der Waals surface area (Å²) < 4.78 is 40.4. The normalized spacial score (nSPS) is 18.4. The molecule has 1 aromatic rings. The van der Waals surface area contributed by atoms with Crippen molar-refractivity contribution in [3.05, 3.63) is 28.5 Å². The summed E-state index contributed by atoms with van der Waals surface area (Å²) in [6.45, 7) is 4.57. The van der Waals surface area contributed by atoms with Crippen molar-refractivity contribution in [1.29, 1.82) is 0 Å². The number of hydrogen-bond donors (Lipinski definition) is 1. The Bertz CT molecular complexity index is 574. The highest BCUT2D eigenvalue weighted by Crippen LogP contribution is 2.23. The molecule has 0 aliphatic carbocycles. The van der Waals surface area contributed by atoms with Crippen molar-refractivity contribution < 1.29 is 12.8 Å². The fourth-order valence-electron chi connectivity index (χ4n) is 2.41. The molecule has 1 unspecified atom stereocenters. The molecule has 0 spiro atoms. The number of likely N-dealkylation sites (tertiary alicyclic amines) is 1. The van der Waals surface area contributed by atoms with E-state index in [-0.39, 0.29) is 15.4 Å². The number of benzene rings is 1. The van der Waals surface area contributed by atoms with Crippen molar-refractivity contribution in [2.24, 2.45) is 0 Å². The predicted molar refractivity (Wildman–Crippen MR) is 79.6 cm³/mol. The molecule has 0 bridgehead atoms. The van der Waals surface area contributed by atoms with Crippen LogP contribution in [0.2, 0.25) is 0 Å². The number of hydrogen-bond acceptors (Lipinski definition) is 3. The molecule has 2 rings (SSSR count). The fourth-order valence-corrected chi connectivity index (χ4v) is 4.70. The van der Waals surface area contributed by atoms with Crippen LogP contribution in [0.4, 0.5) is 4.39 Å². The van der Waals surface area contributed by atoms with Crippen LogP contribution in [-0.2, 0) is 10.0 Å². The Morgan fingerprint density at radius 3 is 2.65 bits per heavy atom. The molecule has 1 aliphatic rings. The van der Waals surface area contributed by atoms with Gasteiger partial charge in [0.1, 0.15) is 5.82 Å². The van der Waals surface area contributed by atoms with Gasteiger partial charge in [-0.05, 0) is 67.0 Å². The van der Waals surface area contributed by atoms with Gasteiger partial charge in [0, 0.05) is 17.1 Å². The van der Waals surface area contributed by atoms with Crippen LogP contribution >= 0.6 is 15.9 Å². The summed E-state index contributed by atoms with van der Waals surface area (Å²) in [7, 11) is -3.64. The molecule has 1 saturated heterocycles. The molecule has 20 heavy (non-hydrogen) atoms. The minimum Gasteiger partial charge on any atom is -0.302 e. The highest BCUT2D eigenvalue weighted by Gasteiger charge is 2.22. The van der Waals surface area contributed by atoms with Crippen molar-refractivity contribution in [2.75, 3.05) is 19.6 Å². The van der Waals surface area contributed by atoms with Crippen LogP contribution in [0.1, 0.15) is 19.8 Å². The smallest absolute Gasteiger partial charge is 0.241 e. The summed E-state index contributed by atoms with van der Waals surface area (Å²) in [6.07, 6.45) is 2.34. The Morgan fingerprint density at radius 2 is 2.05 bits per heavy atom. The van der Waals surface area contributed by atoms with Gasteiger partial charge in [-0.1, -0.05) is 0 Å². The maximum atomic E-state index is 13.0. The van der Waals surface area contributed by atoms with E-state index in [1.54, 1.807) is 0 Å². The van der Waals surface area contributed by atoms with Gasteiger partial charge in [0.25, 0.3) is 0 Å². The van der Waals surface area contributed by atoms with Gasteiger partial charge in [0.05, 0.1) is 4.90 Å². The van der Waals surface area contributed by atoms with Crippen LogP contribution in [0.15, 0.2) is 27.6 Å². The minimum absolute atomic E-state index is 0.0622. The summed E-state index contributed by atoms with van der Waals surface area (Å²) in [5, 5.41) is 0. The lowest BCUT2D eigenvalue weighted by Gasteiger charge is -2.21. The number of rotatable bonds is 5. The quantitative estimate of drug-likeness (QED) is 0.872. The lowest BCUT2D eigenvalue weighted by Crippen LogP contribution is -2.41. The van der Waals surface area contributed by atoms with Crippen LogP contribution in [0.25, 0.3) is 0 Å². The number of nitrogens with one attached hydrogen (secondary N) is 1. The highest BCUT2D eigenvalue weighted by atomic mass is 79.9. The maximum absolute atomic E-state index is 13.0. The van der Waals surface area contributed by atoms with E-state index in [0.717, 1.165) is 25.2 Å². The first-order chi connectivity index (χ1) is 9.38. The largest absolute Gasteiger partial charge is 0.302 e. The molecule has 0 aromatic heterocycles. The van der Waals surface area contributed by atoms with Crippen LogP contribution in [-0.4, -0.2) is 39.0 Å². The average molecular weight is 365 g/mol. The van der Waals surface area contributed by atoms with Gasteiger partial charge in [-0.25, -0.2) is 17.5 Å².